The Bertz CT molecular complexity index is 855. The molecule has 22 heavy (non-hydrogen) atoms. The third-order valence-electron chi connectivity index (χ3n) is 4.05. The Balaban J connectivity index is 2.11. The summed E-state index contributed by atoms with van der Waals surface area (Å²) in [5, 5.41) is 17.0. The molecule has 1 amide bonds. The molecule has 3 heteroatoms. The van der Waals surface area contributed by atoms with Gasteiger partial charge in [-0.05, 0) is 53.8 Å². The van der Waals surface area contributed by atoms with Crippen LogP contribution in [-0.4, -0.2) is 17.1 Å². The number of phenols is 1. The van der Waals surface area contributed by atoms with Crippen molar-refractivity contribution >= 4 is 27.5 Å². The van der Waals surface area contributed by atoms with E-state index in [2.05, 4.69) is 5.32 Å². The van der Waals surface area contributed by atoms with Crippen LogP contribution in [0.5, 0.6) is 5.75 Å². The van der Waals surface area contributed by atoms with Gasteiger partial charge >= 0.3 is 0 Å². The zero-order chi connectivity index (χ0) is 15.7. The second-order valence-electron chi connectivity index (χ2n) is 5.70. The Kier molecular flexibility index (Phi) is 3.72. The molecule has 0 spiro atoms. The van der Waals surface area contributed by atoms with E-state index in [9.17, 15) is 9.90 Å². The summed E-state index contributed by atoms with van der Waals surface area (Å²) in [4.78, 5) is 12.3. The molecule has 3 nitrogen and oxygen atoms in total. The van der Waals surface area contributed by atoms with E-state index < -0.39 is 0 Å². The number of carbonyl (C=O) groups excluding carboxylic acids is 1. The standard InChI is InChI=1S/C19H19NO2/c1-3-12(2)20-19(22)16-9-15-8-13-6-4-5-7-14(13)10-17(15)18(21)11-16/h4-12,21H,3H2,1-2H3,(H,20,22). The van der Waals surface area contributed by atoms with Crippen LogP contribution in [0.4, 0.5) is 0 Å². The van der Waals surface area contributed by atoms with Crippen molar-refractivity contribution in [2.24, 2.45) is 0 Å². The summed E-state index contributed by atoms with van der Waals surface area (Å²) in [6.07, 6.45) is 0.871. The summed E-state index contributed by atoms with van der Waals surface area (Å²) in [5.74, 6) is -0.0164. The number of hydrogen-bond donors (Lipinski definition) is 2. The lowest BCUT2D eigenvalue weighted by atomic mass is 10.0. The highest BCUT2D eigenvalue weighted by molar-refractivity contribution is 6.05. The fraction of sp³-hybridized carbons (Fsp3) is 0.211. The zero-order valence-electron chi connectivity index (χ0n) is 12.8. The minimum Gasteiger partial charge on any atom is -0.507 e. The van der Waals surface area contributed by atoms with Crippen molar-refractivity contribution in [1.82, 2.24) is 5.32 Å². The Hall–Kier alpha value is -2.55. The van der Waals surface area contributed by atoms with E-state index in [1.54, 1.807) is 0 Å². The lowest BCUT2D eigenvalue weighted by Crippen LogP contribution is -2.31. The maximum absolute atomic E-state index is 12.3. The first-order valence-corrected chi connectivity index (χ1v) is 7.55. The van der Waals surface area contributed by atoms with Crippen molar-refractivity contribution in [1.29, 1.82) is 0 Å². The van der Waals surface area contributed by atoms with Crippen molar-refractivity contribution in [3.05, 3.63) is 54.1 Å². The second kappa shape index (κ2) is 5.68. The van der Waals surface area contributed by atoms with Gasteiger partial charge in [0.15, 0.2) is 0 Å². The highest BCUT2D eigenvalue weighted by atomic mass is 16.3. The predicted molar refractivity (Wildman–Crippen MR) is 90.3 cm³/mol. The van der Waals surface area contributed by atoms with E-state index in [0.717, 1.165) is 28.0 Å². The van der Waals surface area contributed by atoms with Gasteiger partial charge in [-0.15, -0.1) is 0 Å². The largest absolute Gasteiger partial charge is 0.507 e. The summed E-state index contributed by atoms with van der Waals surface area (Å²) < 4.78 is 0. The van der Waals surface area contributed by atoms with Crippen LogP contribution in [0.1, 0.15) is 30.6 Å². The van der Waals surface area contributed by atoms with Gasteiger partial charge in [-0.2, -0.15) is 0 Å². The van der Waals surface area contributed by atoms with E-state index in [1.807, 2.05) is 56.3 Å². The van der Waals surface area contributed by atoms with Crippen LogP contribution in [0, 0.1) is 0 Å². The third-order valence-corrected chi connectivity index (χ3v) is 4.05. The first kappa shape index (κ1) is 14.4. The van der Waals surface area contributed by atoms with Gasteiger partial charge in [-0.25, -0.2) is 0 Å². The monoisotopic (exact) mass is 293 g/mol. The van der Waals surface area contributed by atoms with Crippen LogP contribution in [0.15, 0.2) is 48.5 Å². The average molecular weight is 293 g/mol. The van der Waals surface area contributed by atoms with E-state index in [0.29, 0.717) is 5.56 Å². The average Bonchev–Trinajstić information content (AvgIpc) is 2.53. The van der Waals surface area contributed by atoms with E-state index in [4.69, 9.17) is 0 Å². The van der Waals surface area contributed by atoms with Crippen molar-refractivity contribution in [3.8, 4) is 5.75 Å². The summed E-state index contributed by atoms with van der Waals surface area (Å²) >= 11 is 0. The summed E-state index contributed by atoms with van der Waals surface area (Å²) in [5.41, 5.74) is 0.487. The number of nitrogens with one attached hydrogen (secondary N) is 1. The summed E-state index contributed by atoms with van der Waals surface area (Å²) in [7, 11) is 0. The number of rotatable bonds is 3. The summed E-state index contributed by atoms with van der Waals surface area (Å²) in [6.45, 7) is 3.99. The number of aromatic hydroxyl groups is 1. The number of amides is 1. The van der Waals surface area contributed by atoms with Crippen LogP contribution in [0.25, 0.3) is 21.5 Å². The lowest BCUT2D eigenvalue weighted by Gasteiger charge is -2.12. The SMILES string of the molecule is CCC(C)NC(=O)c1cc(O)c2cc3ccccc3cc2c1. The highest BCUT2D eigenvalue weighted by Gasteiger charge is 2.12. The molecule has 0 aliphatic heterocycles. The molecule has 3 aromatic rings. The molecule has 0 aromatic heterocycles. The smallest absolute Gasteiger partial charge is 0.251 e. The van der Waals surface area contributed by atoms with Crippen molar-refractivity contribution in [2.45, 2.75) is 26.3 Å². The Labute approximate surface area is 129 Å². The molecule has 2 N–H and O–H groups in total. The van der Waals surface area contributed by atoms with Gasteiger partial charge in [-0.1, -0.05) is 31.2 Å². The predicted octanol–water partition coefficient (Wildman–Crippen LogP) is 4.23. The Morgan fingerprint density at radius 1 is 1.09 bits per heavy atom. The number of phenolic OH excluding ortho intramolecular Hbond substituents is 1. The zero-order valence-corrected chi connectivity index (χ0v) is 12.8. The van der Waals surface area contributed by atoms with Gasteiger partial charge in [-0.3, -0.25) is 4.79 Å². The second-order valence-corrected chi connectivity index (χ2v) is 5.70. The molecule has 0 aliphatic carbocycles. The molecule has 0 saturated heterocycles. The molecule has 0 radical (unpaired) electrons. The molecule has 0 heterocycles. The van der Waals surface area contributed by atoms with Crippen LogP contribution >= 0.6 is 0 Å². The van der Waals surface area contributed by atoms with E-state index in [-0.39, 0.29) is 17.7 Å². The molecule has 1 unspecified atom stereocenters. The van der Waals surface area contributed by atoms with Crippen LogP contribution in [0.3, 0.4) is 0 Å². The van der Waals surface area contributed by atoms with Crippen molar-refractivity contribution in [2.75, 3.05) is 0 Å². The van der Waals surface area contributed by atoms with Crippen LogP contribution in [0.2, 0.25) is 0 Å². The fourth-order valence-corrected chi connectivity index (χ4v) is 2.57. The van der Waals surface area contributed by atoms with Gasteiger partial charge < -0.3 is 10.4 Å². The maximum atomic E-state index is 12.3. The molecule has 0 fully saturated rings. The number of fused-ring (bicyclic) bond motifs is 2. The Morgan fingerprint density at radius 3 is 2.45 bits per heavy atom. The number of hydrogen-bond acceptors (Lipinski definition) is 2. The lowest BCUT2D eigenvalue weighted by molar-refractivity contribution is 0.0939. The molecule has 3 aromatic carbocycles. The molecule has 112 valence electrons. The molecule has 0 saturated carbocycles. The minimum absolute atomic E-state index is 0.113. The molecular formula is C19H19NO2. The van der Waals surface area contributed by atoms with E-state index in [1.165, 1.54) is 6.07 Å². The van der Waals surface area contributed by atoms with Crippen molar-refractivity contribution < 1.29 is 9.90 Å². The topological polar surface area (TPSA) is 49.3 Å². The van der Waals surface area contributed by atoms with Gasteiger partial charge in [0.05, 0.1) is 0 Å². The van der Waals surface area contributed by atoms with Gasteiger partial charge in [0.25, 0.3) is 5.91 Å². The minimum atomic E-state index is -0.153. The van der Waals surface area contributed by atoms with Gasteiger partial charge in [0.2, 0.25) is 0 Å². The number of carbonyl (C=O) groups is 1. The number of benzene rings is 3. The first-order chi connectivity index (χ1) is 10.6. The van der Waals surface area contributed by atoms with Crippen LogP contribution < -0.4 is 5.32 Å². The van der Waals surface area contributed by atoms with Crippen LogP contribution in [-0.2, 0) is 0 Å². The van der Waals surface area contributed by atoms with Gasteiger partial charge in [0.1, 0.15) is 5.75 Å². The quantitative estimate of drug-likeness (QED) is 0.710. The van der Waals surface area contributed by atoms with E-state index >= 15 is 0 Å². The molecule has 3 rings (SSSR count). The summed E-state index contributed by atoms with van der Waals surface area (Å²) in [6, 6.07) is 15.4. The molecular weight excluding hydrogens is 274 g/mol. The third kappa shape index (κ3) is 2.62. The Morgan fingerprint density at radius 2 is 1.77 bits per heavy atom. The first-order valence-electron chi connectivity index (χ1n) is 7.55. The highest BCUT2D eigenvalue weighted by Crippen LogP contribution is 2.30. The maximum Gasteiger partial charge on any atom is 0.251 e. The molecule has 0 bridgehead atoms. The molecule has 1 atom stereocenters. The van der Waals surface area contributed by atoms with Crippen molar-refractivity contribution in [3.63, 3.8) is 0 Å². The molecule has 0 aliphatic rings. The van der Waals surface area contributed by atoms with Gasteiger partial charge in [0, 0.05) is 17.0 Å². The normalized spacial score (nSPS) is 12.5. The fourth-order valence-electron chi connectivity index (χ4n) is 2.57.